The summed E-state index contributed by atoms with van der Waals surface area (Å²) in [4.78, 5) is 0. The Hall–Kier alpha value is -2.14. The Morgan fingerprint density at radius 1 is 1.16 bits per heavy atom. The molecule has 0 atom stereocenters. The molecule has 6 heteroatoms. The van der Waals surface area contributed by atoms with Gasteiger partial charge in [-0.2, -0.15) is 0 Å². The molecule has 0 fully saturated rings. The van der Waals surface area contributed by atoms with Crippen molar-refractivity contribution in [2.24, 2.45) is 0 Å². The maximum atomic E-state index is 13.7. The van der Waals surface area contributed by atoms with E-state index in [0.717, 1.165) is 12.1 Å². The number of hydrogen-bond donors (Lipinski definition) is 1. The SMILES string of the molecule is Oc1cc2onc(-c3c(F)cccc3F)c2cc1Cl. The average Bonchev–Trinajstić information content (AvgIpc) is 2.73. The number of phenols is 1. The highest BCUT2D eigenvalue weighted by Gasteiger charge is 2.19. The molecule has 0 spiro atoms. The molecule has 1 heterocycles. The highest BCUT2D eigenvalue weighted by atomic mass is 35.5. The lowest BCUT2D eigenvalue weighted by Crippen LogP contribution is -1.90. The first kappa shape index (κ1) is 11.9. The van der Waals surface area contributed by atoms with Crippen molar-refractivity contribution in [1.82, 2.24) is 5.16 Å². The van der Waals surface area contributed by atoms with E-state index < -0.39 is 11.6 Å². The first-order valence-electron chi connectivity index (χ1n) is 5.30. The molecule has 0 aliphatic carbocycles. The number of phenolic OH excluding ortho intramolecular Hbond substituents is 1. The van der Waals surface area contributed by atoms with Gasteiger partial charge in [0.1, 0.15) is 23.1 Å². The maximum Gasteiger partial charge on any atom is 0.171 e. The van der Waals surface area contributed by atoms with Crippen LogP contribution in [0.25, 0.3) is 22.2 Å². The summed E-state index contributed by atoms with van der Waals surface area (Å²) in [5.41, 5.74) is -0.0879. The zero-order valence-corrected chi connectivity index (χ0v) is 10.1. The molecule has 0 radical (unpaired) electrons. The molecule has 0 aliphatic rings. The second kappa shape index (κ2) is 4.20. The fourth-order valence-corrected chi connectivity index (χ4v) is 2.02. The van der Waals surface area contributed by atoms with E-state index in [-0.39, 0.29) is 27.6 Å². The van der Waals surface area contributed by atoms with Crippen molar-refractivity contribution in [1.29, 1.82) is 0 Å². The molecule has 1 aromatic heterocycles. The van der Waals surface area contributed by atoms with Gasteiger partial charge in [-0.15, -0.1) is 0 Å². The zero-order chi connectivity index (χ0) is 13.6. The monoisotopic (exact) mass is 281 g/mol. The lowest BCUT2D eigenvalue weighted by atomic mass is 10.1. The largest absolute Gasteiger partial charge is 0.506 e. The van der Waals surface area contributed by atoms with Gasteiger partial charge in [-0.3, -0.25) is 0 Å². The molecule has 19 heavy (non-hydrogen) atoms. The van der Waals surface area contributed by atoms with Crippen molar-refractivity contribution >= 4 is 22.6 Å². The highest BCUT2D eigenvalue weighted by molar-refractivity contribution is 6.32. The van der Waals surface area contributed by atoms with Gasteiger partial charge in [-0.25, -0.2) is 8.78 Å². The van der Waals surface area contributed by atoms with Crippen molar-refractivity contribution in [3.05, 3.63) is 47.0 Å². The first-order valence-corrected chi connectivity index (χ1v) is 5.68. The van der Waals surface area contributed by atoms with Gasteiger partial charge in [0.25, 0.3) is 0 Å². The van der Waals surface area contributed by atoms with Crippen LogP contribution < -0.4 is 0 Å². The molecule has 0 saturated heterocycles. The quantitative estimate of drug-likeness (QED) is 0.729. The first-order chi connectivity index (χ1) is 9.08. The van der Waals surface area contributed by atoms with Gasteiger partial charge >= 0.3 is 0 Å². The Morgan fingerprint density at radius 2 is 1.84 bits per heavy atom. The van der Waals surface area contributed by atoms with Crippen LogP contribution in [0.3, 0.4) is 0 Å². The zero-order valence-electron chi connectivity index (χ0n) is 9.32. The van der Waals surface area contributed by atoms with Crippen LogP contribution in [-0.4, -0.2) is 10.3 Å². The van der Waals surface area contributed by atoms with E-state index in [4.69, 9.17) is 16.1 Å². The van der Waals surface area contributed by atoms with Crippen LogP contribution in [0.15, 0.2) is 34.9 Å². The summed E-state index contributed by atoms with van der Waals surface area (Å²) in [7, 11) is 0. The number of hydrogen-bond acceptors (Lipinski definition) is 3. The summed E-state index contributed by atoms with van der Waals surface area (Å²) in [6, 6.07) is 6.11. The summed E-state index contributed by atoms with van der Waals surface area (Å²) in [5, 5.41) is 13.5. The van der Waals surface area contributed by atoms with Gasteiger partial charge in [-0.05, 0) is 18.2 Å². The van der Waals surface area contributed by atoms with Crippen LogP contribution in [0, 0.1) is 11.6 Å². The molecule has 3 nitrogen and oxygen atoms in total. The number of nitrogens with zero attached hydrogens (tertiary/aromatic N) is 1. The van der Waals surface area contributed by atoms with Crippen molar-refractivity contribution < 1.29 is 18.4 Å². The van der Waals surface area contributed by atoms with E-state index in [1.165, 1.54) is 18.2 Å². The molecule has 0 aliphatic heterocycles. The standard InChI is InChI=1S/C13H6ClF2NO2/c14-7-4-6-11(5-10(7)18)19-17-13(6)12-8(15)2-1-3-9(12)16/h1-5,18H. The summed E-state index contributed by atoms with van der Waals surface area (Å²) in [6.07, 6.45) is 0. The van der Waals surface area contributed by atoms with Gasteiger partial charge < -0.3 is 9.63 Å². The predicted octanol–water partition coefficient (Wildman–Crippen LogP) is 4.13. The third kappa shape index (κ3) is 1.82. The minimum absolute atomic E-state index is 0.00694. The molecular formula is C13H6ClF2NO2. The van der Waals surface area contributed by atoms with Crippen molar-refractivity contribution in [3.63, 3.8) is 0 Å². The summed E-state index contributed by atoms with van der Waals surface area (Å²) >= 11 is 5.78. The number of fused-ring (bicyclic) bond motifs is 1. The molecule has 0 unspecified atom stereocenters. The van der Waals surface area contributed by atoms with Crippen molar-refractivity contribution in [2.45, 2.75) is 0 Å². The maximum absolute atomic E-state index is 13.7. The normalized spacial score (nSPS) is 11.1. The van der Waals surface area contributed by atoms with Crippen LogP contribution in [-0.2, 0) is 0 Å². The molecular weight excluding hydrogens is 276 g/mol. The Kier molecular flexibility index (Phi) is 2.64. The van der Waals surface area contributed by atoms with Gasteiger partial charge in [0, 0.05) is 6.07 Å². The van der Waals surface area contributed by atoms with E-state index in [1.54, 1.807) is 0 Å². The molecule has 1 N–H and O–H groups in total. The Balaban J connectivity index is 2.35. The van der Waals surface area contributed by atoms with E-state index in [1.807, 2.05) is 0 Å². The minimum atomic E-state index is -0.751. The van der Waals surface area contributed by atoms with Crippen LogP contribution in [0.1, 0.15) is 0 Å². The second-order valence-electron chi connectivity index (χ2n) is 3.93. The Bertz CT molecular complexity index is 765. The minimum Gasteiger partial charge on any atom is -0.506 e. The van der Waals surface area contributed by atoms with Gasteiger partial charge in [0.05, 0.1) is 16.0 Å². The Labute approximate surface area is 111 Å². The fourth-order valence-electron chi connectivity index (χ4n) is 1.85. The smallest absolute Gasteiger partial charge is 0.171 e. The van der Waals surface area contributed by atoms with Gasteiger partial charge in [-0.1, -0.05) is 22.8 Å². The third-order valence-corrected chi connectivity index (χ3v) is 3.04. The number of aromatic nitrogens is 1. The van der Waals surface area contributed by atoms with Crippen molar-refractivity contribution in [3.8, 4) is 17.0 Å². The van der Waals surface area contributed by atoms with Crippen LogP contribution >= 0.6 is 11.6 Å². The molecule has 2 aromatic carbocycles. The van der Waals surface area contributed by atoms with E-state index in [2.05, 4.69) is 5.16 Å². The topological polar surface area (TPSA) is 46.3 Å². The number of aromatic hydroxyl groups is 1. The summed E-state index contributed by atoms with van der Waals surface area (Å²) < 4.78 is 32.4. The molecule has 96 valence electrons. The molecule has 3 aromatic rings. The summed E-state index contributed by atoms with van der Waals surface area (Å²) in [6.45, 7) is 0. The van der Waals surface area contributed by atoms with Crippen LogP contribution in [0.2, 0.25) is 5.02 Å². The predicted molar refractivity (Wildman–Crippen MR) is 66.0 cm³/mol. The number of rotatable bonds is 1. The van der Waals surface area contributed by atoms with Crippen LogP contribution in [0.5, 0.6) is 5.75 Å². The lowest BCUT2D eigenvalue weighted by Gasteiger charge is -2.01. The average molecular weight is 282 g/mol. The van der Waals surface area contributed by atoms with Crippen molar-refractivity contribution in [2.75, 3.05) is 0 Å². The van der Waals surface area contributed by atoms with Gasteiger partial charge in [0.2, 0.25) is 0 Å². The summed E-state index contributed by atoms with van der Waals surface area (Å²) in [5.74, 6) is -1.69. The molecule has 0 bridgehead atoms. The van der Waals surface area contributed by atoms with Gasteiger partial charge in [0.15, 0.2) is 5.58 Å². The van der Waals surface area contributed by atoms with Crippen LogP contribution in [0.4, 0.5) is 8.78 Å². The number of halogens is 3. The highest BCUT2D eigenvalue weighted by Crippen LogP contribution is 2.36. The number of benzene rings is 2. The third-order valence-electron chi connectivity index (χ3n) is 2.74. The molecule has 0 amide bonds. The van der Waals surface area contributed by atoms with E-state index >= 15 is 0 Å². The van der Waals surface area contributed by atoms with E-state index in [0.29, 0.717) is 5.39 Å². The molecule has 3 rings (SSSR count). The van der Waals surface area contributed by atoms with E-state index in [9.17, 15) is 13.9 Å². The Morgan fingerprint density at radius 3 is 2.53 bits per heavy atom. The lowest BCUT2D eigenvalue weighted by molar-refractivity contribution is 0.450. The fraction of sp³-hybridized carbons (Fsp3) is 0. The second-order valence-corrected chi connectivity index (χ2v) is 4.33. The molecule has 0 saturated carbocycles.